The van der Waals surface area contributed by atoms with Gasteiger partial charge in [-0.2, -0.15) is 21.0 Å². The van der Waals surface area contributed by atoms with Crippen LogP contribution in [0.5, 0.6) is 23.0 Å². The Morgan fingerprint density at radius 2 is 0.671 bits per heavy atom. The molecule has 0 fully saturated rings. The van der Waals surface area contributed by atoms with E-state index in [0.29, 0.717) is 45.9 Å². The van der Waals surface area contributed by atoms with Crippen molar-refractivity contribution in [3.63, 3.8) is 0 Å². The monoisotopic (exact) mass is 1010 g/mol. The van der Waals surface area contributed by atoms with Gasteiger partial charge in [0, 0.05) is 10.4 Å². The number of benzene rings is 7. The second-order valence-corrected chi connectivity index (χ2v) is 19.6. The first-order valence-corrected chi connectivity index (χ1v) is 27.4. The van der Waals surface area contributed by atoms with E-state index in [0.717, 1.165) is 58.7 Å². The number of nitriles is 4. The number of nitrogens with zero attached hydrogens (tertiary/aromatic N) is 4. The number of hydrogen-bond acceptors (Lipinski definition) is 10. The average Bonchev–Trinajstić information content (AvgIpc) is 3.51. The fourth-order valence-corrected chi connectivity index (χ4v) is 9.90. The molecule has 388 valence electrons. The maximum atomic E-state index is 13.7. The molecule has 7 aromatic carbocycles. The molecule has 7 rings (SSSR count). The molecule has 0 aliphatic heterocycles. The lowest BCUT2D eigenvalue weighted by atomic mass is 9.93. The number of hydrogen-bond donors (Lipinski definition) is 0. The van der Waals surface area contributed by atoms with Crippen molar-refractivity contribution in [2.75, 3.05) is 13.2 Å². The highest BCUT2D eigenvalue weighted by atomic mass is 16.5. The van der Waals surface area contributed by atoms with Gasteiger partial charge >= 0.3 is 11.9 Å². The number of unbranched alkanes of at least 4 members (excludes halogenated alkanes) is 18. The van der Waals surface area contributed by atoms with Gasteiger partial charge in [0.1, 0.15) is 58.4 Å². The lowest BCUT2D eigenvalue weighted by molar-refractivity contribution is 0.0725. The molecule has 0 saturated heterocycles. The summed E-state index contributed by atoms with van der Waals surface area (Å²) in [5.74, 6) is 0.484. The van der Waals surface area contributed by atoms with Crippen LogP contribution < -0.4 is 29.4 Å². The van der Waals surface area contributed by atoms with Crippen molar-refractivity contribution in [2.24, 2.45) is 0 Å². The molecule has 10 heteroatoms. The molecule has 10 nitrogen and oxygen atoms in total. The fourth-order valence-electron chi connectivity index (χ4n) is 9.90. The Labute approximate surface area is 447 Å². The van der Waals surface area contributed by atoms with Gasteiger partial charge in [0.05, 0.1) is 24.3 Å². The van der Waals surface area contributed by atoms with Crippen LogP contribution >= 0.6 is 0 Å². The molecule has 0 spiro atoms. The van der Waals surface area contributed by atoms with Crippen LogP contribution in [0.1, 0.15) is 163 Å². The summed E-state index contributed by atoms with van der Waals surface area (Å²) >= 11 is 0. The molecule has 0 unspecified atom stereocenters. The molecular weight excluding hydrogens is 945 g/mol. The molecule has 0 aliphatic rings. The van der Waals surface area contributed by atoms with Gasteiger partial charge in [0.25, 0.3) is 0 Å². The summed E-state index contributed by atoms with van der Waals surface area (Å²) in [5.41, 5.74) is 0.0956. The van der Waals surface area contributed by atoms with Gasteiger partial charge in [-0.3, -0.25) is 0 Å². The second kappa shape index (κ2) is 29.1. The minimum absolute atomic E-state index is 0.111. The van der Waals surface area contributed by atoms with Crippen LogP contribution in [0.15, 0.2) is 109 Å². The first-order valence-electron chi connectivity index (χ1n) is 27.4. The fraction of sp³-hybridized carbons (Fsp3) is 0.364. The summed E-state index contributed by atoms with van der Waals surface area (Å²) in [5, 5.41) is 46.2. The highest BCUT2D eigenvalue weighted by molar-refractivity contribution is 6.07. The number of carbonyl (C=O) groups is 2. The van der Waals surface area contributed by atoms with E-state index >= 15 is 0 Å². The van der Waals surface area contributed by atoms with Gasteiger partial charge in [-0.05, 0) is 141 Å². The number of esters is 2. The molecule has 0 N–H and O–H groups in total. The first kappa shape index (κ1) is 55.6. The molecule has 0 bridgehead atoms. The quantitative estimate of drug-likeness (QED) is 0.0199. The van der Waals surface area contributed by atoms with E-state index in [4.69, 9.17) is 18.9 Å². The molecule has 0 aromatic heterocycles. The molecule has 0 radical (unpaired) electrons. The molecular formula is C66H68N4O6. The van der Waals surface area contributed by atoms with E-state index in [1.165, 1.54) is 127 Å². The van der Waals surface area contributed by atoms with Crippen LogP contribution in [0, 0.1) is 45.3 Å². The highest BCUT2D eigenvalue weighted by Crippen LogP contribution is 2.29. The Bertz CT molecular complexity index is 3220. The molecule has 0 atom stereocenters. The van der Waals surface area contributed by atoms with E-state index in [2.05, 4.69) is 13.8 Å². The third kappa shape index (κ3) is 15.0. The van der Waals surface area contributed by atoms with Gasteiger partial charge in [-0.1, -0.05) is 154 Å². The maximum absolute atomic E-state index is 13.7. The van der Waals surface area contributed by atoms with Crippen molar-refractivity contribution < 1.29 is 28.5 Å². The standard InChI is InChI=1S/C66H68N4O6/c1-3-5-7-9-11-13-15-17-19-21-35-73-55-29-27-47-37-51(25-23-49(47)39-55)65(71)75-57-31-33-59-61(41-57)63(53(43-67)44-68)60-34-32-58(42-62(60)64(59)54(45-69)46-70)76-66(72)52-26-24-50-40-56(30-28-48(50)38-52)74-36-22-20-18-16-14-12-10-8-6-4-2/h23-34,37-42H,3-22,35-36H2,1-2H3. The Balaban J connectivity index is 1.04. The minimum Gasteiger partial charge on any atom is -0.494 e. The van der Waals surface area contributed by atoms with E-state index in [-0.39, 0.29) is 33.1 Å². The zero-order chi connectivity index (χ0) is 53.5. The number of fused-ring (bicyclic) bond motifs is 4. The maximum Gasteiger partial charge on any atom is 0.343 e. The minimum atomic E-state index is -0.636. The zero-order valence-corrected chi connectivity index (χ0v) is 44.2. The Morgan fingerprint density at radius 1 is 0.355 bits per heavy atom. The Morgan fingerprint density at radius 3 is 1.03 bits per heavy atom. The molecule has 0 amide bonds. The summed E-state index contributed by atoms with van der Waals surface area (Å²) < 4.78 is 24.0. The van der Waals surface area contributed by atoms with Gasteiger partial charge < -0.3 is 18.9 Å². The van der Waals surface area contributed by atoms with E-state index in [1.54, 1.807) is 36.4 Å². The summed E-state index contributed by atoms with van der Waals surface area (Å²) in [7, 11) is 0. The second-order valence-electron chi connectivity index (χ2n) is 19.6. The normalized spacial score (nSPS) is 10.9. The number of ether oxygens (including phenoxy) is 4. The van der Waals surface area contributed by atoms with Crippen molar-refractivity contribution in [3.05, 3.63) is 131 Å². The number of carbonyl (C=O) groups excluding carboxylic acids is 2. The van der Waals surface area contributed by atoms with Crippen molar-refractivity contribution in [3.8, 4) is 47.3 Å². The van der Waals surface area contributed by atoms with Gasteiger partial charge in [0.2, 0.25) is 0 Å². The van der Waals surface area contributed by atoms with E-state index in [9.17, 15) is 30.6 Å². The van der Waals surface area contributed by atoms with Gasteiger partial charge in [-0.25, -0.2) is 9.59 Å². The summed E-state index contributed by atoms with van der Waals surface area (Å²) in [6, 6.07) is 39.3. The highest BCUT2D eigenvalue weighted by Gasteiger charge is 2.18. The smallest absolute Gasteiger partial charge is 0.343 e. The Hall–Kier alpha value is -8.18. The van der Waals surface area contributed by atoms with Crippen molar-refractivity contribution >= 4 is 66.2 Å². The van der Waals surface area contributed by atoms with Gasteiger partial charge in [-0.15, -0.1) is 0 Å². The molecule has 0 heterocycles. The van der Waals surface area contributed by atoms with Crippen LogP contribution in [0.2, 0.25) is 0 Å². The topological polar surface area (TPSA) is 166 Å². The molecule has 76 heavy (non-hydrogen) atoms. The predicted molar refractivity (Wildman–Crippen MR) is 302 cm³/mol. The lowest BCUT2D eigenvalue weighted by Gasteiger charge is -2.12. The van der Waals surface area contributed by atoms with Crippen LogP contribution in [-0.2, 0) is 0 Å². The van der Waals surface area contributed by atoms with Crippen LogP contribution in [0.25, 0.3) is 54.2 Å². The zero-order valence-electron chi connectivity index (χ0n) is 44.2. The Kier molecular flexibility index (Phi) is 21.2. The molecule has 0 aliphatic carbocycles. The third-order valence-corrected chi connectivity index (χ3v) is 14.1. The van der Waals surface area contributed by atoms with Gasteiger partial charge in [0.15, 0.2) is 0 Å². The van der Waals surface area contributed by atoms with Crippen LogP contribution in [0.4, 0.5) is 0 Å². The summed E-state index contributed by atoms with van der Waals surface area (Å²) in [6.07, 6.45) is 25.1. The van der Waals surface area contributed by atoms with Crippen molar-refractivity contribution in [2.45, 2.75) is 142 Å². The predicted octanol–water partition coefficient (Wildman–Crippen LogP) is 15.7. The average molecular weight is 1010 g/mol. The lowest BCUT2D eigenvalue weighted by Crippen LogP contribution is -2.19. The first-order chi connectivity index (χ1) is 37.3. The summed E-state index contributed by atoms with van der Waals surface area (Å²) in [4.78, 5) is 27.4. The molecule has 7 aromatic rings. The number of rotatable bonds is 28. The third-order valence-electron chi connectivity index (χ3n) is 14.1. The summed E-state index contributed by atoms with van der Waals surface area (Å²) in [6.45, 7) is 5.78. The van der Waals surface area contributed by atoms with E-state index in [1.807, 2.05) is 72.8 Å². The SMILES string of the molecule is CCCCCCCCCCCCOc1ccc2cc(C(=O)Oc3ccc4c(=C(C#N)C#N)c5cc(OC(=O)c6ccc7cc(OCCCCCCCCCCCC)ccc7c6)ccc5c(=C(C#N)C#N)c4c3)ccc2c1. The van der Waals surface area contributed by atoms with Crippen molar-refractivity contribution in [1.82, 2.24) is 0 Å². The van der Waals surface area contributed by atoms with Crippen molar-refractivity contribution in [1.29, 1.82) is 21.0 Å². The van der Waals surface area contributed by atoms with E-state index < -0.39 is 11.9 Å². The van der Waals surface area contributed by atoms with Crippen LogP contribution in [-0.4, -0.2) is 25.2 Å². The largest absolute Gasteiger partial charge is 0.494 e. The molecule has 0 saturated carbocycles. The van der Waals surface area contributed by atoms with Crippen LogP contribution in [0.3, 0.4) is 0 Å².